The third kappa shape index (κ3) is 4.65. The van der Waals surface area contributed by atoms with E-state index in [4.69, 9.17) is 5.73 Å². The van der Waals surface area contributed by atoms with E-state index in [0.717, 1.165) is 24.5 Å². The van der Waals surface area contributed by atoms with Gasteiger partial charge in [0.25, 0.3) is 0 Å². The Kier molecular flexibility index (Phi) is 5.29. The number of rotatable bonds is 6. The van der Waals surface area contributed by atoms with Gasteiger partial charge in [0.05, 0.1) is 0 Å². The average Bonchev–Trinajstić information content (AvgIpc) is 2.23. The fourth-order valence-corrected chi connectivity index (χ4v) is 2.09. The van der Waals surface area contributed by atoms with Crippen LogP contribution < -0.4 is 11.1 Å². The molecule has 96 valence electrons. The smallest absolute Gasteiger partial charge is 0.0361 e. The summed E-state index contributed by atoms with van der Waals surface area (Å²) in [7, 11) is 0. The van der Waals surface area contributed by atoms with Crippen molar-refractivity contribution < 1.29 is 0 Å². The summed E-state index contributed by atoms with van der Waals surface area (Å²) in [5, 5.41) is 3.40. The Morgan fingerprint density at radius 3 is 2.35 bits per heavy atom. The topological polar surface area (TPSA) is 41.3 Å². The molecule has 0 saturated heterocycles. The quantitative estimate of drug-likeness (QED) is 0.745. The average molecular weight is 235 g/mol. The Morgan fingerprint density at radius 1 is 1.18 bits per heavy atom. The van der Waals surface area contributed by atoms with Crippen LogP contribution in [0.3, 0.4) is 0 Å². The lowest BCUT2D eigenvalue weighted by Crippen LogP contribution is -2.40. The zero-order valence-corrected chi connectivity index (χ0v) is 11.4. The monoisotopic (exact) mass is 235 g/mol. The first-order valence-electron chi connectivity index (χ1n) is 6.36. The summed E-state index contributed by atoms with van der Waals surface area (Å²) in [6, 6.07) is 9.05. The molecule has 0 atom stereocenters. The van der Waals surface area contributed by atoms with Crippen LogP contribution in [0.2, 0.25) is 0 Å². The van der Waals surface area contributed by atoms with E-state index in [1.165, 1.54) is 0 Å². The van der Waals surface area contributed by atoms with Gasteiger partial charge < -0.3 is 11.1 Å². The summed E-state index contributed by atoms with van der Waals surface area (Å²) >= 11 is 0. The first kappa shape index (κ1) is 13.8. The fourth-order valence-electron chi connectivity index (χ4n) is 2.09. The van der Waals surface area contributed by atoms with Crippen LogP contribution >= 0.6 is 0 Å². The lowest BCUT2D eigenvalue weighted by molar-refractivity contribution is 0.182. The Morgan fingerprint density at radius 2 is 1.82 bits per heavy atom. The standard InChI is InChI=1S/C14H25N3/c1-11(2)17(12(3)4)9-8-16-14-7-5-6-13(15)10-14/h5-7,10-12,16H,8-9,15H2,1-4H3. The van der Waals surface area contributed by atoms with Crippen molar-refractivity contribution in [3.05, 3.63) is 24.3 Å². The predicted octanol–water partition coefficient (Wildman–Crippen LogP) is 2.80. The van der Waals surface area contributed by atoms with Gasteiger partial charge in [0.15, 0.2) is 0 Å². The van der Waals surface area contributed by atoms with Gasteiger partial charge in [0.2, 0.25) is 0 Å². The van der Waals surface area contributed by atoms with E-state index in [-0.39, 0.29) is 0 Å². The summed E-state index contributed by atoms with van der Waals surface area (Å²) in [5.41, 5.74) is 7.64. The first-order valence-corrected chi connectivity index (χ1v) is 6.36. The zero-order valence-electron chi connectivity index (χ0n) is 11.4. The normalized spacial score (nSPS) is 11.5. The summed E-state index contributed by atoms with van der Waals surface area (Å²) in [4.78, 5) is 2.47. The van der Waals surface area contributed by atoms with Crippen molar-refractivity contribution in [3.63, 3.8) is 0 Å². The molecule has 0 aliphatic heterocycles. The molecule has 0 amide bonds. The second-order valence-electron chi connectivity index (χ2n) is 4.98. The van der Waals surface area contributed by atoms with Crippen LogP contribution in [0.4, 0.5) is 11.4 Å². The number of benzene rings is 1. The zero-order chi connectivity index (χ0) is 12.8. The van der Waals surface area contributed by atoms with Crippen molar-refractivity contribution in [3.8, 4) is 0 Å². The number of nitrogens with two attached hydrogens (primary N) is 1. The van der Waals surface area contributed by atoms with Crippen molar-refractivity contribution in [1.82, 2.24) is 4.90 Å². The number of anilines is 2. The molecule has 1 rings (SSSR count). The number of nitrogens with zero attached hydrogens (tertiary/aromatic N) is 1. The number of hydrogen-bond donors (Lipinski definition) is 2. The van der Waals surface area contributed by atoms with Crippen LogP contribution in [-0.2, 0) is 0 Å². The number of nitrogen functional groups attached to an aromatic ring is 1. The Bertz CT molecular complexity index is 326. The molecule has 0 unspecified atom stereocenters. The van der Waals surface area contributed by atoms with Gasteiger partial charge in [-0.25, -0.2) is 0 Å². The van der Waals surface area contributed by atoms with Crippen molar-refractivity contribution in [2.75, 3.05) is 24.1 Å². The first-order chi connectivity index (χ1) is 8.00. The predicted molar refractivity (Wildman–Crippen MR) is 76.3 cm³/mol. The molecule has 0 fully saturated rings. The maximum Gasteiger partial charge on any atom is 0.0361 e. The molecule has 0 spiro atoms. The maximum absolute atomic E-state index is 5.74. The van der Waals surface area contributed by atoms with Gasteiger partial charge in [-0.2, -0.15) is 0 Å². The number of hydrogen-bond acceptors (Lipinski definition) is 3. The van der Waals surface area contributed by atoms with Crippen LogP contribution in [0.25, 0.3) is 0 Å². The molecule has 3 nitrogen and oxygen atoms in total. The van der Waals surface area contributed by atoms with Crippen molar-refractivity contribution >= 4 is 11.4 Å². The summed E-state index contributed by atoms with van der Waals surface area (Å²) < 4.78 is 0. The van der Waals surface area contributed by atoms with E-state index in [2.05, 4.69) is 37.9 Å². The molecule has 0 saturated carbocycles. The molecule has 17 heavy (non-hydrogen) atoms. The maximum atomic E-state index is 5.74. The Balaban J connectivity index is 2.41. The van der Waals surface area contributed by atoms with Crippen LogP contribution in [0.15, 0.2) is 24.3 Å². The highest BCUT2D eigenvalue weighted by molar-refractivity contribution is 5.53. The molecule has 3 heteroatoms. The van der Waals surface area contributed by atoms with Gasteiger partial charge >= 0.3 is 0 Å². The Labute approximate surface area is 105 Å². The van der Waals surface area contributed by atoms with Gasteiger partial charge in [0, 0.05) is 36.5 Å². The molecule has 3 N–H and O–H groups in total. The highest BCUT2D eigenvalue weighted by atomic mass is 15.2. The molecule has 0 bridgehead atoms. The fraction of sp³-hybridized carbons (Fsp3) is 0.571. The van der Waals surface area contributed by atoms with Crippen LogP contribution in [0, 0.1) is 0 Å². The lowest BCUT2D eigenvalue weighted by atomic mass is 10.2. The molecule has 0 aliphatic rings. The van der Waals surface area contributed by atoms with E-state index in [1.54, 1.807) is 0 Å². The van der Waals surface area contributed by atoms with Gasteiger partial charge in [-0.1, -0.05) is 6.07 Å². The summed E-state index contributed by atoms with van der Waals surface area (Å²) in [6.07, 6.45) is 0. The van der Waals surface area contributed by atoms with E-state index >= 15 is 0 Å². The van der Waals surface area contributed by atoms with Crippen molar-refractivity contribution in [2.24, 2.45) is 0 Å². The highest BCUT2D eigenvalue weighted by Crippen LogP contribution is 2.11. The van der Waals surface area contributed by atoms with Gasteiger partial charge in [0.1, 0.15) is 0 Å². The van der Waals surface area contributed by atoms with E-state index in [9.17, 15) is 0 Å². The largest absolute Gasteiger partial charge is 0.399 e. The molecule has 1 aromatic rings. The van der Waals surface area contributed by atoms with Crippen molar-refractivity contribution in [1.29, 1.82) is 0 Å². The van der Waals surface area contributed by atoms with Crippen molar-refractivity contribution in [2.45, 2.75) is 39.8 Å². The highest BCUT2D eigenvalue weighted by Gasteiger charge is 2.12. The molecule has 1 aromatic carbocycles. The van der Waals surface area contributed by atoms with Gasteiger partial charge in [-0.05, 0) is 45.9 Å². The minimum absolute atomic E-state index is 0.581. The summed E-state index contributed by atoms with van der Waals surface area (Å²) in [6.45, 7) is 10.9. The molecule has 0 radical (unpaired) electrons. The minimum Gasteiger partial charge on any atom is -0.399 e. The second-order valence-corrected chi connectivity index (χ2v) is 4.98. The third-order valence-corrected chi connectivity index (χ3v) is 2.91. The van der Waals surface area contributed by atoms with E-state index < -0.39 is 0 Å². The van der Waals surface area contributed by atoms with Gasteiger partial charge in [-0.15, -0.1) is 0 Å². The van der Waals surface area contributed by atoms with Crippen LogP contribution in [-0.4, -0.2) is 30.1 Å². The third-order valence-electron chi connectivity index (χ3n) is 2.91. The van der Waals surface area contributed by atoms with E-state index in [1.807, 2.05) is 24.3 Å². The van der Waals surface area contributed by atoms with E-state index in [0.29, 0.717) is 12.1 Å². The molecular formula is C14H25N3. The molecule has 0 aliphatic carbocycles. The number of nitrogens with one attached hydrogen (secondary N) is 1. The SMILES string of the molecule is CC(C)N(CCNc1cccc(N)c1)C(C)C. The Hall–Kier alpha value is -1.22. The van der Waals surface area contributed by atoms with Crippen LogP contribution in [0.5, 0.6) is 0 Å². The summed E-state index contributed by atoms with van der Waals surface area (Å²) in [5.74, 6) is 0. The lowest BCUT2D eigenvalue weighted by Gasteiger charge is -2.30. The molecule has 0 aromatic heterocycles. The van der Waals surface area contributed by atoms with Gasteiger partial charge in [-0.3, -0.25) is 4.90 Å². The molecule has 0 heterocycles. The minimum atomic E-state index is 0.581. The molecular weight excluding hydrogens is 210 g/mol. The second kappa shape index (κ2) is 6.50. The van der Waals surface area contributed by atoms with Crippen LogP contribution in [0.1, 0.15) is 27.7 Å².